The van der Waals surface area contributed by atoms with Gasteiger partial charge in [-0.2, -0.15) is 5.26 Å². The normalized spacial score (nSPS) is 13.6. The lowest BCUT2D eigenvalue weighted by molar-refractivity contribution is -0.126. The highest BCUT2D eigenvalue weighted by atomic mass is 32.2. The molecule has 0 radical (unpaired) electrons. The minimum absolute atomic E-state index is 0.126. The van der Waals surface area contributed by atoms with E-state index in [1.807, 2.05) is 4.90 Å². The van der Waals surface area contributed by atoms with Crippen LogP contribution in [-0.2, 0) is 19.6 Å². The summed E-state index contributed by atoms with van der Waals surface area (Å²) < 4.78 is 61.3. The lowest BCUT2D eigenvalue weighted by Gasteiger charge is -2.35. The Balaban J connectivity index is 1.51. The Kier molecular flexibility index (Phi) is 8.68. The van der Waals surface area contributed by atoms with E-state index in [1.165, 1.54) is 44.8 Å². The van der Waals surface area contributed by atoms with E-state index in [0.717, 1.165) is 12.1 Å². The standard InChI is InChI=1S/C30H25F2N7O5S/c1-18(40)3-8-27(41)38-9-11-39(12-10-38)29-28-22(15-33)21(5-6-24(28)35-17-36-29)19-13-25(30(44-2)34-16-19)37-45(42,43)26-7-4-20(31)14-23(26)32/h3-8,13-14,16-17,37H,9-12H2,1-2H3/b8-3+. The fraction of sp³-hybridized carbons (Fsp3) is 0.200. The van der Waals surface area contributed by atoms with Crippen LogP contribution in [0.5, 0.6) is 5.88 Å². The number of pyridine rings is 1. The highest BCUT2D eigenvalue weighted by Gasteiger charge is 2.26. The largest absolute Gasteiger partial charge is 0.480 e. The molecule has 0 unspecified atom stereocenters. The van der Waals surface area contributed by atoms with Gasteiger partial charge in [0.25, 0.3) is 10.0 Å². The van der Waals surface area contributed by atoms with Gasteiger partial charge in [0, 0.05) is 55.6 Å². The smallest absolute Gasteiger partial charge is 0.264 e. The third-order valence-corrected chi connectivity index (χ3v) is 8.43. The van der Waals surface area contributed by atoms with Crippen LogP contribution in [0.4, 0.5) is 20.3 Å². The maximum Gasteiger partial charge on any atom is 0.264 e. The number of ketones is 1. The van der Waals surface area contributed by atoms with Crippen molar-refractivity contribution in [1.82, 2.24) is 19.9 Å². The molecule has 2 aromatic carbocycles. The highest BCUT2D eigenvalue weighted by Crippen LogP contribution is 2.37. The number of nitriles is 1. The molecule has 1 amide bonds. The van der Waals surface area contributed by atoms with Crippen molar-refractivity contribution in [3.8, 4) is 23.1 Å². The van der Waals surface area contributed by atoms with Crippen LogP contribution < -0.4 is 14.4 Å². The van der Waals surface area contributed by atoms with Crippen LogP contribution in [-0.4, -0.2) is 73.2 Å². The summed E-state index contributed by atoms with van der Waals surface area (Å²) in [6, 6.07) is 8.99. The number of benzene rings is 2. The van der Waals surface area contributed by atoms with Crippen LogP contribution in [0.25, 0.3) is 22.0 Å². The number of allylic oxidation sites excluding steroid dienone is 1. The van der Waals surface area contributed by atoms with Crippen molar-refractivity contribution in [1.29, 1.82) is 5.26 Å². The van der Waals surface area contributed by atoms with E-state index < -0.39 is 26.6 Å². The summed E-state index contributed by atoms with van der Waals surface area (Å²) in [4.78, 5) is 39.4. The van der Waals surface area contributed by atoms with E-state index in [1.54, 1.807) is 17.0 Å². The van der Waals surface area contributed by atoms with Gasteiger partial charge in [-0.3, -0.25) is 14.3 Å². The predicted molar refractivity (Wildman–Crippen MR) is 160 cm³/mol. The number of nitrogens with zero attached hydrogens (tertiary/aromatic N) is 6. The van der Waals surface area contributed by atoms with Crippen LogP contribution in [0, 0.1) is 23.0 Å². The van der Waals surface area contributed by atoms with Gasteiger partial charge >= 0.3 is 0 Å². The Morgan fingerprint density at radius 1 is 1.04 bits per heavy atom. The molecule has 0 aliphatic carbocycles. The first-order valence-electron chi connectivity index (χ1n) is 13.4. The number of amides is 1. The molecule has 1 aliphatic rings. The maximum absolute atomic E-state index is 14.3. The van der Waals surface area contributed by atoms with Crippen molar-refractivity contribution >= 4 is 44.1 Å². The molecule has 4 aromatic rings. The second kappa shape index (κ2) is 12.6. The molecule has 3 heterocycles. The maximum atomic E-state index is 14.3. The minimum atomic E-state index is -4.53. The van der Waals surface area contributed by atoms with Crippen LogP contribution in [0.3, 0.4) is 0 Å². The number of ether oxygens (including phenoxy) is 1. The van der Waals surface area contributed by atoms with Gasteiger partial charge in [-0.1, -0.05) is 6.07 Å². The number of methoxy groups -OCH3 is 1. The van der Waals surface area contributed by atoms with Crippen LogP contribution in [0.15, 0.2) is 66.0 Å². The number of anilines is 2. The number of fused-ring (bicyclic) bond motifs is 1. The average Bonchev–Trinajstić information content (AvgIpc) is 3.02. The molecule has 1 saturated heterocycles. The number of piperazine rings is 1. The first-order chi connectivity index (χ1) is 21.5. The number of carbonyl (C=O) groups excluding carboxylic acids is 2. The Morgan fingerprint density at radius 2 is 1.80 bits per heavy atom. The van der Waals surface area contributed by atoms with Gasteiger partial charge in [-0.05, 0) is 37.3 Å². The number of nitrogens with one attached hydrogen (secondary N) is 1. The van der Waals surface area contributed by atoms with Crippen molar-refractivity contribution in [2.75, 3.05) is 42.9 Å². The van der Waals surface area contributed by atoms with Crippen molar-refractivity contribution in [3.63, 3.8) is 0 Å². The van der Waals surface area contributed by atoms with Crippen molar-refractivity contribution in [3.05, 3.63) is 78.3 Å². The third kappa shape index (κ3) is 6.41. The predicted octanol–water partition coefficient (Wildman–Crippen LogP) is 3.44. The van der Waals surface area contributed by atoms with Gasteiger partial charge < -0.3 is 14.5 Å². The number of aromatic nitrogens is 3. The molecule has 45 heavy (non-hydrogen) atoms. The van der Waals surface area contributed by atoms with Crippen LogP contribution in [0.1, 0.15) is 12.5 Å². The van der Waals surface area contributed by atoms with Crippen LogP contribution >= 0.6 is 0 Å². The van der Waals surface area contributed by atoms with Gasteiger partial charge in [-0.15, -0.1) is 0 Å². The molecule has 0 atom stereocenters. The Hall–Kier alpha value is -5.49. The van der Waals surface area contributed by atoms with Gasteiger partial charge in [0.15, 0.2) is 5.78 Å². The quantitative estimate of drug-likeness (QED) is 0.285. The van der Waals surface area contributed by atoms with E-state index >= 15 is 0 Å². The zero-order chi connectivity index (χ0) is 32.3. The number of rotatable bonds is 8. The number of sulfonamides is 1. The summed E-state index contributed by atoms with van der Waals surface area (Å²) >= 11 is 0. The second-order valence-corrected chi connectivity index (χ2v) is 11.6. The molecule has 0 bridgehead atoms. The monoisotopic (exact) mass is 633 g/mol. The van der Waals surface area contributed by atoms with Gasteiger partial charge in [-0.25, -0.2) is 32.2 Å². The molecule has 0 spiro atoms. The summed E-state index contributed by atoms with van der Waals surface area (Å²) in [5, 5.41) is 10.8. The molecular weight excluding hydrogens is 608 g/mol. The molecule has 1 N–H and O–H groups in total. The zero-order valence-corrected chi connectivity index (χ0v) is 24.8. The van der Waals surface area contributed by atoms with Gasteiger partial charge in [0.2, 0.25) is 11.8 Å². The van der Waals surface area contributed by atoms with Gasteiger partial charge in [0.1, 0.15) is 40.4 Å². The SMILES string of the molecule is COc1ncc(-c2ccc3ncnc(N4CCN(C(=O)/C=C/C(C)=O)CC4)c3c2C#N)cc1NS(=O)(=O)c1ccc(F)cc1F. The summed E-state index contributed by atoms with van der Waals surface area (Å²) in [7, 11) is -3.27. The number of hydrogen-bond acceptors (Lipinski definition) is 10. The summed E-state index contributed by atoms with van der Waals surface area (Å²) in [5.74, 6) is -2.38. The summed E-state index contributed by atoms with van der Waals surface area (Å²) in [5.41, 5.74) is 1.24. The van der Waals surface area contributed by atoms with Crippen molar-refractivity contribution in [2.45, 2.75) is 11.8 Å². The number of carbonyl (C=O) groups is 2. The van der Waals surface area contributed by atoms with E-state index in [0.29, 0.717) is 60.1 Å². The highest BCUT2D eigenvalue weighted by molar-refractivity contribution is 7.92. The zero-order valence-electron chi connectivity index (χ0n) is 24.0. The topological polar surface area (TPSA) is 158 Å². The van der Waals surface area contributed by atoms with E-state index in [9.17, 15) is 32.0 Å². The van der Waals surface area contributed by atoms with Crippen LogP contribution in [0.2, 0.25) is 0 Å². The molecule has 12 nitrogen and oxygen atoms in total. The third-order valence-electron chi connectivity index (χ3n) is 7.03. The van der Waals surface area contributed by atoms with E-state index in [2.05, 4.69) is 25.7 Å². The lowest BCUT2D eigenvalue weighted by atomic mass is 9.97. The molecule has 0 saturated carbocycles. The number of hydrogen-bond donors (Lipinski definition) is 1. The minimum Gasteiger partial charge on any atom is -0.480 e. The van der Waals surface area contributed by atoms with Gasteiger partial charge in [0.05, 0.1) is 23.6 Å². The summed E-state index contributed by atoms with van der Waals surface area (Å²) in [6.07, 6.45) is 5.23. The number of halogens is 2. The fourth-order valence-corrected chi connectivity index (χ4v) is 6.00. The molecule has 2 aromatic heterocycles. The molecule has 15 heteroatoms. The van der Waals surface area contributed by atoms with E-state index in [-0.39, 0.29) is 28.8 Å². The molecule has 230 valence electrons. The molecule has 5 rings (SSSR count). The summed E-state index contributed by atoms with van der Waals surface area (Å²) in [6.45, 7) is 2.87. The average molecular weight is 634 g/mol. The molecule has 1 aliphatic heterocycles. The Bertz CT molecular complexity index is 2010. The van der Waals surface area contributed by atoms with Crippen molar-refractivity contribution in [2.24, 2.45) is 0 Å². The van der Waals surface area contributed by atoms with Crippen molar-refractivity contribution < 1.29 is 31.5 Å². The molecule has 1 fully saturated rings. The van der Waals surface area contributed by atoms with E-state index in [4.69, 9.17) is 4.74 Å². The Labute approximate surface area is 256 Å². The molecular formula is C30H25F2N7O5S. The fourth-order valence-electron chi connectivity index (χ4n) is 4.89. The first-order valence-corrected chi connectivity index (χ1v) is 14.9. The first kappa shape index (κ1) is 31.0. The lowest BCUT2D eigenvalue weighted by Crippen LogP contribution is -2.48. The second-order valence-electron chi connectivity index (χ2n) is 9.91. The Morgan fingerprint density at radius 3 is 2.47 bits per heavy atom.